The summed E-state index contributed by atoms with van der Waals surface area (Å²) in [4.78, 5) is 12.6. The number of aryl methyl sites for hydroxylation is 1. The number of benzene rings is 2. The van der Waals surface area contributed by atoms with Gasteiger partial charge >= 0.3 is 0 Å². The molecule has 3 aromatic rings. The Morgan fingerprint density at radius 1 is 0.821 bits per heavy atom. The first-order chi connectivity index (χ1) is 13.4. The Hall–Kier alpha value is -3.35. The minimum atomic E-state index is -0.347. The fourth-order valence-corrected chi connectivity index (χ4v) is 2.60. The van der Waals surface area contributed by atoms with Crippen LogP contribution in [0.2, 0.25) is 0 Å². The van der Waals surface area contributed by atoms with Crippen molar-refractivity contribution in [3.05, 3.63) is 70.6 Å². The fraction of sp³-hybridized carbons (Fsp3) is 0.286. The van der Waals surface area contributed by atoms with Crippen molar-refractivity contribution in [2.45, 2.75) is 39.7 Å². The van der Waals surface area contributed by atoms with E-state index in [4.69, 9.17) is 0 Å². The van der Waals surface area contributed by atoms with Crippen molar-refractivity contribution in [2.24, 2.45) is 20.5 Å². The summed E-state index contributed by atoms with van der Waals surface area (Å²) in [5.74, 6) is 0. The first-order valence-corrected chi connectivity index (χ1v) is 9.21. The predicted molar refractivity (Wildman–Crippen MR) is 111 cm³/mol. The molecule has 0 bridgehead atoms. The summed E-state index contributed by atoms with van der Waals surface area (Å²) >= 11 is 0. The number of H-pyrrole nitrogens is 1. The van der Waals surface area contributed by atoms with Crippen LogP contribution in [0.25, 0.3) is 0 Å². The molecule has 7 heteroatoms. The lowest BCUT2D eigenvalue weighted by molar-refractivity contribution is 0.343. The first kappa shape index (κ1) is 19.4. The van der Waals surface area contributed by atoms with Gasteiger partial charge in [0, 0.05) is 0 Å². The molecule has 0 unspecified atom stereocenters. The smallest absolute Gasteiger partial charge is 0.295 e. The third-order valence-corrected chi connectivity index (χ3v) is 4.11. The SMILES string of the molecule is CCc1[nH]n(C(C)(C)C)c(=O)c1N=Nc1ccc(N=Nc2ccccc2)cc1. The van der Waals surface area contributed by atoms with Gasteiger partial charge in [0.2, 0.25) is 0 Å². The molecule has 1 aromatic heterocycles. The first-order valence-electron chi connectivity index (χ1n) is 9.21. The summed E-state index contributed by atoms with van der Waals surface area (Å²) in [6.45, 7) is 7.87. The van der Waals surface area contributed by atoms with E-state index in [2.05, 4.69) is 25.6 Å². The Kier molecular flexibility index (Phi) is 5.63. The molecule has 1 N–H and O–H groups in total. The highest BCUT2D eigenvalue weighted by atomic mass is 16.1. The molecular formula is C21H24N6O. The standard InChI is InChI=1S/C21H24N6O/c1-5-18-19(20(28)27(26-18)21(2,3)4)25-24-17-13-11-16(12-14-17)23-22-15-9-7-6-8-10-15/h6-14,26H,5H2,1-4H3. The maximum atomic E-state index is 12.6. The van der Waals surface area contributed by atoms with Crippen molar-refractivity contribution in [2.75, 3.05) is 0 Å². The monoisotopic (exact) mass is 376 g/mol. The molecule has 28 heavy (non-hydrogen) atoms. The molecule has 0 atom stereocenters. The number of azo groups is 2. The number of aromatic nitrogens is 2. The van der Waals surface area contributed by atoms with E-state index < -0.39 is 0 Å². The van der Waals surface area contributed by atoms with Crippen molar-refractivity contribution in [3.8, 4) is 0 Å². The van der Waals surface area contributed by atoms with Crippen LogP contribution in [0.4, 0.5) is 22.7 Å². The van der Waals surface area contributed by atoms with E-state index >= 15 is 0 Å². The highest BCUT2D eigenvalue weighted by Gasteiger charge is 2.21. The van der Waals surface area contributed by atoms with E-state index in [1.54, 1.807) is 16.8 Å². The van der Waals surface area contributed by atoms with E-state index in [0.29, 0.717) is 23.5 Å². The molecule has 144 valence electrons. The van der Waals surface area contributed by atoms with Crippen molar-refractivity contribution >= 4 is 22.7 Å². The summed E-state index contributed by atoms with van der Waals surface area (Å²) in [5.41, 5.74) is 2.77. The number of nitrogens with zero attached hydrogens (tertiary/aromatic N) is 5. The largest absolute Gasteiger partial charge is 0.297 e. The Morgan fingerprint density at radius 2 is 1.32 bits per heavy atom. The second-order valence-corrected chi connectivity index (χ2v) is 7.36. The summed E-state index contributed by atoms with van der Waals surface area (Å²) in [6.07, 6.45) is 0.672. The number of hydrogen-bond acceptors (Lipinski definition) is 5. The van der Waals surface area contributed by atoms with Gasteiger partial charge in [-0.25, -0.2) is 4.68 Å². The highest BCUT2D eigenvalue weighted by Crippen LogP contribution is 2.24. The van der Waals surface area contributed by atoms with E-state index in [1.807, 2.05) is 70.2 Å². The Balaban J connectivity index is 1.79. The van der Waals surface area contributed by atoms with Crippen molar-refractivity contribution in [3.63, 3.8) is 0 Å². The zero-order valence-corrected chi connectivity index (χ0v) is 16.5. The molecular weight excluding hydrogens is 352 g/mol. The molecule has 0 fully saturated rings. The molecule has 0 amide bonds. The molecule has 0 aliphatic heterocycles. The van der Waals surface area contributed by atoms with Gasteiger partial charge in [-0.15, -0.1) is 5.11 Å². The zero-order valence-electron chi connectivity index (χ0n) is 16.5. The Morgan fingerprint density at radius 3 is 1.82 bits per heavy atom. The molecule has 3 rings (SSSR count). The molecule has 0 aliphatic rings. The molecule has 7 nitrogen and oxygen atoms in total. The predicted octanol–water partition coefficient (Wildman–Crippen LogP) is 6.32. The number of nitrogens with one attached hydrogen (secondary N) is 1. The summed E-state index contributed by atoms with van der Waals surface area (Å²) in [5, 5.41) is 20.0. The van der Waals surface area contributed by atoms with Crippen molar-refractivity contribution in [1.82, 2.24) is 9.78 Å². The topological polar surface area (TPSA) is 87.2 Å². The van der Waals surface area contributed by atoms with Crippen LogP contribution in [-0.4, -0.2) is 9.78 Å². The maximum Gasteiger partial charge on any atom is 0.295 e. The Labute approximate surface area is 163 Å². The third kappa shape index (κ3) is 4.49. The average Bonchev–Trinajstić information content (AvgIpc) is 3.02. The van der Waals surface area contributed by atoms with E-state index in [0.717, 1.165) is 11.4 Å². The number of rotatable bonds is 5. The lowest BCUT2D eigenvalue weighted by Crippen LogP contribution is -2.32. The fourth-order valence-electron chi connectivity index (χ4n) is 2.60. The average molecular weight is 376 g/mol. The van der Waals surface area contributed by atoms with Crippen molar-refractivity contribution < 1.29 is 0 Å². The van der Waals surface area contributed by atoms with Gasteiger partial charge in [0.25, 0.3) is 5.56 Å². The Bertz CT molecular complexity index is 1040. The third-order valence-electron chi connectivity index (χ3n) is 4.11. The van der Waals surface area contributed by atoms with Crippen LogP contribution < -0.4 is 5.56 Å². The van der Waals surface area contributed by atoms with Gasteiger partial charge in [-0.1, -0.05) is 25.1 Å². The quantitative estimate of drug-likeness (QED) is 0.518. The summed E-state index contributed by atoms with van der Waals surface area (Å²) < 4.78 is 1.59. The minimum Gasteiger partial charge on any atom is -0.297 e. The van der Waals surface area contributed by atoms with Gasteiger partial charge in [-0.05, 0) is 63.6 Å². The highest BCUT2D eigenvalue weighted by molar-refractivity contribution is 5.48. The van der Waals surface area contributed by atoms with Crippen LogP contribution in [0.1, 0.15) is 33.4 Å². The summed E-state index contributed by atoms with van der Waals surface area (Å²) in [7, 11) is 0. The second kappa shape index (κ2) is 8.12. The molecule has 0 spiro atoms. The number of aromatic amines is 1. The molecule has 0 aliphatic carbocycles. The summed E-state index contributed by atoms with van der Waals surface area (Å²) in [6, 6.07) is 16.7. The minimum absolute atomic E-state index is 0.165. The molecule has 1 heterocycles. The van der Waals surface area contributed by atoms with E-state index in [-0.39, 0.29) is 11.1 Å². The van der Waals surface area contributed by atoms with E-state index in [9.17, 15) is 4.79 Å². The second-order valence-electron chi connectivity index (χ2n) is 7.36. The lowest BCUT2D eigenvalue weighted by Gasteiger charge is -2.18. The number of hydrogen-bond donors (Lipinski definition) is 1. The lowest BCUT2D eigenvalue weighted by atomic mass is 10.1. The van der Waals surface area contributed by atoms with Crippen LogP contribution in [0.3, 0.4) is 0 Å². The molecule has 0 saturated heterocycles. The molecule has 0 saturated carbocycles. The van der Waals surface area contributed by atoms with Gasteiger partial charge in [-0.3, -0.25) is 9.89 Å². The van der Waals surface area contributed by atoms with Crippen LogP contribution >= 0.6 is 0 Å². The van der Waals surface area contributed by atoms with E-state index in [1.165, 1.54) is 0 Å². The zero-order chi connectivity index (χ0) is 20.1. The normalized spacial score (nSPS) is 12.3. The molecule has 0 radical (unpaired) electrons. The van der Waals surface area contributed by atoms with Gasteiger partial charge in [0.15, 0.2) is 5.69 Å². The van der Waals surface area contributed by atoms with Gasteiger partial charge in [-0.2, -0.15) is 15.3 Å². The van der Waals surface area contributed by atoms with Crippen molar-refractivity contribution in [1.29, 1.82) is 0 Å². The van der Waals surface area contributed by atoms with Gasteiger partial charge < -0.3 is 0 Å². The van der Waals surface area contributed by atoms with Crippen LogP contribution in [0.15, 0.2) is 79.8 Å². The maximum absolute atomic E-state index is 12.6. The van der Waals surface area contributed by atoms with Crippen LogP contribution in [0, 0.1) is 0 Å². The van der Waals surface area contributed by atoms with Gasteiger partial charge in [0.1, 0.15) is 0 Å². The van der Waals surface area contributed by atoms with Gasteiger partial charge in [0.05, 0.1) is 28.3 Å². The van der Waals surface area contributed by atoms with Crippen LogP contribution in [0.5, 0.6) is 0 Å². The molecule has 2 aromatic carbocycles. The van der Waals surface area contributed by atoms with Crippen LogP contribution in [-0.2, 0) is 12.0 Å².